The summed E-state index contributed by atoms with van der Waals surface area (Å²) in [6.07, 6.45) is 0.603. The Morgan fingerprint density at radius 1 is 1.50 bits per heavy atom. The number of primary amides is 1. The summed E-state index contributed by atoms with van der Waals surface area (Å²) in [4.78, 5) is 13.1. The molecule has 14 heavy (non-hydrogen) atoms. The van der Waals surface area contributed by atoms with E-state index >= 15 is 0 Å². The lowest BCUT2D eigenvalue weighted by molar-refractivity contribution is -0.122. The molecule has 4 nitrogen and oxygen atoms in total. The second-order valence-corrected chi connectivity index (χ2v) is 4.69. The largest absolute Gasteiger partial charge is 0.368 e. The van der Waals surface area contributed by atoms with E-state index < -0.39 is 11.4 Å². The molecule has 0 spiro atoms. The van der Waals surface area contributed by atoms with Crippen molar-refractivity contribution in [3.63, 3.8) is 0 Å². The van der Waals surface area contributed by atoms with Crippen molar-refractivity contribution >= 4 is 5.91 Å². The van der Waals surface area contributed by atoms with Crippen molar-refractivity contribution in [3.05, 3.63) is 0 Å². The number of carbonyl (C=O) groups excluding carboxylic acids is 1. The van der Waals surface area contributed by atoms with Crippen LogP contribution in [0.15, 0.2) is 0 Å². The Balaban J connectivity index is 3.87. The van der Waals surface area contributed by atoms with E-state index in [1.807, 2.05) is 7.05 Å². The third kappa shape index (κ3) is 5.19. The van der Waals surface area contributed by atoms with Crippen molar-refractivity contribution in [2.75, 3.05) is 20.1 Å². The topological polar surface area (TPSA) is 72.3 Å². The number of nitrogens with zero attached hydrogens (tertiary/aromatic N) is 1. The molecule has 0 radical (unpaired) electrons. The van der Waals surface area contributed by atoms with Gasteiger partial charge < -0.3 is 16.4 Å². The highest BCUT2D eigenvalue weighted by molar-refractivity contribution is 5.83. The van der Waals surface area contributed by atoms with Gasteiger partial charge in [-0.3, -0.25) is 4.79 Å². The maximum Gasteiger partial charge on any atom is 0.237 e. The minimum atomic E-state index is -0.884. The molecule has 4 heteroatoms. The summed E-state index contributed by atoms with van der Waals surface area (Å²) in [5.41, 5.74) is 10.0. The SMILES string of the molecule is CC(C)CN(C)CCC(C)(N)C(N)=O. The number of carbonyl (C=O) groups is 1. The lowest BCUT2D eigenvalue weighted by Gasteiger charge is -2.25. The molecular weight excluding hydrogens is 178 g/mol. The monoisotopic (exact) mass is 201 g/mol. The maximum atomic E-state index is 10.9. The number of rotatable bonds is 6. The molecule has 0 aromatic carbocycles. The molecule has 0 aromatic heterocycles. The van der Waals surface area contributed by atoms with Gasteiger partial charge in [-0.2, -0.15) is 0 Å². The lowest BCUT2D eigenvalue weighted by Crippen LogP contribution is -2.51. The van der Waals surface area contributed by atoms with E-state index in [2.05, 4.69) is 18.7 Å². The van der Waals surface area contributed by atoms with Gasteiger partial charge in [-0.15, -0.1) is 0 Å². The van der Waals surface area contributed by atoms with E-state index in [-0.39, 0.29) is 0 Å². The first-order valence-electron chi connectivity index (χ1n) is 5.03. The minimum Gasteiger partial charge on any atom is -0.368 e. The second-order valence-electron chi connectivity index (χ2n) is 4.69. The molecule has 1 atom stereocenters. The van der Waals surface area contributed by atoms with Crippen molar-refractivity contribution in [2.45, 2.75) is 32.7 Å². The molecule has 1 unspecified atom stereocenters. The van der Waals surface area contributed by atoms with Crippen molar-refractivity contribution in [2.24, 2.45) is 17.4 Å². The summed E-state index contributed by atoms with van der Waals surface area (Å²) in [5.74, 6) is 0.188. The van der Waals surface area contributed by atoms with Crippen LogP contribution in [-0.2, 0) is 4.79 Å². The molecule has 0 aliphatic rings. The first-order chi connectivity index (χ1) is 6.25. The van der Waals surface area contributed by atoms with Crippen LogP contribution in [0.5, 0.6) is 0 Å². The highest BCUT2D eigenvalue weighted by Crippen LogP contribution is 2.06. The van der Waals surface area contributed by atoms with Gasteiger partial charge in [0.25, 0.3) is 0 Å². The highest BCUT2D eigenvalue weighted by atomic mass is 16.1. The maximum absolute atomic E-state index is 10.9. The predicted molar refractivity (Wildman–Crippen MR) is 58.7 cm³/mol. The molecule has 0 aromatic rings. The summed E-state index contributed by atoms with van der Waals surface area (Å²) in [6, 6.07) is 0. The van der Waals surface area contributed by atoms with E-state index in [0.717, 1.165) is 13.1 Å². The molecule has 0 saturated carbocycles. The van der Waals surface area contributed by atoms with E-state index in [9.17, 15) is 4.79 Å². The van der Waals surface area contributed by atoms with Crippen LogP contribution in [0.25, 0.3) is 0 Å². The van der Waals surface area contributed by atoms with Crippen LogP contribution < -0.4 is 11.5 Å². The lowest BCUT2D eigenvalue weighted by atomic mass is 9.98. The highest BCUT2D eigenvalue weighted by Gasteiger charge is 2.25. The molecule has 0 fully saturated rings. The van der Waals surface area contributed by atoms with Gasteiger partial charge in [0.15, 0.2) is 0 Å². The van der Waals surface area contributed by atoms with Gasteiger partial charge in [0.1, 0.15) is 0 Å². The van der Waals surface area contributed by atoms with Crippen molar-refractivity contribution in [1.82, 2.24) is 4.90 Å². The van der Waals surface area contributed by atoms with Gasteiger partial charge in [0.05, 0.1) is 5.54 Å². The predicted octanol–water partition coefficient (Wildman–Crippen LogP) is 0.167. The first-order valence-corrected chi connectivity index (χ1v) is 5.03. The third-order valence-electron chi connectivity index (χ3n) is 2.25. The summed E-state index contributed by atoms with van der Waals surface area (Å²) in [6.45, 7) is 7.81. The molecule has 0 aliphatic heterocycles. The zero-order valence-corrected chi connectivity index (χ0v) is 9.71. The van der Waals surface area contributed by atoms with Gasteiger partial charge in [-0.05, 0) is 26.3 Å². The number of nitrogens with two attached hydrogens (primary N) is 2. The zero-order valence-electron chi connectivity index (χ0n) is 9.71. The Morgan fingerprint density at radius 2 is 2.00 bits per heavy atom. The zero-order chi connectivity index (χ0) is 11.4. The Labute approximate surface area is 86.6 Å². The minimum absolute atomic E-state index is 0.435. The van der Waals surface area contributed by atoms with Gasteiger partial charge >= 0.3 is 0 Å². The fourth-order valence-electron chi connectivity index (χ4n) is 1.26. The molecule has 0 rings (SSSR count). The van der Waals surface area contributed by atoms with E-state index in [1.54, 1.807) is 6.92 Å². The van der Waals surface area contributed by atoms with Crippen molar-refractivity contribution < 1.29 is 4.79 Å². The molecule has 0 bridgehead atoms. The molecule has 84 valence electrons. The van der Waals surface area contributed by atoms with Gasteiger partial charge in [-0.25, -0.2) is 0 Å². The molecule has 1 amide bonds. The number of amides is 1. The average Bonchev–Trinajstić information content (AvgIpc) is 1.99. The molecule has 0 heterocycles. The Hall–Kier alpha value is -0.610. The normalized spacial score (nSPS) is 15.9. The van der Waals surface area contributed by atoms with Crippen LogP contribution in [0.2, 0.25) is 0 Å². The third-order valence-corrected chi connectivity index (χ3v) is 2.25. The van der Waals surface area contributed by atoms with Crippen molar-refractivity contribution in [3.8, 4) is 0 Å². The first kappa shape index (κ1) is 13.4. The smallest absolute Gasteiger partial charge is 0.237 e. The summed E-state index contributed by atoms with van der Waals surface area (Å²) in [5, 5.41) is 0. The van der Waals surface area contributed by atoms with Crippen LogP contribution >= 0.6 is 0 Å². The van der Waals surface area contributed by atoms with E-state index in [4.69, 9.17) is 11.5 Å². The Kier molecular flexibility index (Phi) is 5.08. The standard InChI is InChI=1S/C10H23N3O/c1-8(2)7-13(4)6-5-10(3,12)9(11)14/h8H,5-7,12H2,1-4H3,(H2,11,14). The van der Waals surface area contributed by atoms with Gasteiger partial charge in [-0.1, -0.05) is 13.8 Å². The quantitative estimate of drug-likeness (QED) is 0.643. The number of hydrogen-bond donors (Lipinski definition) is 2. The van der Waals surface area contributed by atoms with Crippen LogP contribution in [-0.4, -0.2) is 36.5 Å². The average molecular weight is 201 g/mol. The second kappa shape index (κ2) is 5.32. The van der Waals surface area contributed by atoms with Gasteiger partial charge in [0.2, 0.25) is 5.91 Å². The Morgan fingerprint density at radius 3 is 2.36 bits per heavy atom. The molecule has 4 N–H and O–H groups in total. The van der Waals surface area contributed by atoms with Crippen LogP contribution in [0.3, 0.4) is 0 Å². The molecule has 0 aliphatic carbocycles. The fraction of sp³-hybridized carbons (Fsp3) is 0.900. The fourth-order valence-corrected chi connectivity index (χ4v) is 1.26. The summed E-state index contributed by atoms with van der Waals surface area (Å²) in [7, 11) is 2.02. The van der Waals surface area contributed by atoms with E-state index in [1.165, 1.54) is 0 Å². The van der Waals surface area contributed by atoms with Crippen LogP contribution in [0.1, 0.15) is 27.2 Å². The Bertz CT molecular complexity index is 190. The van der Waals surface area contributed by atoms with Crippen molar-refractivity contribution in [1.29, 1.82) is 0 Å². The number of hydrogen-bond acceptors (Lipinski definition) is 3. The molecule has 0 saturated heterocycles. The summed E-state index contributed by atoms with van der Waals surface area (Å²) >= 11 is 0. The summed E-state index contributed by atoms with van der Waals surface area (Å²) < 4.78 is 0. The van der Waals surface area contributed by atoms with Crippen LogP contribution in [0, 0.1) is 5.92 Å². The van der Waals surface area contributed by atoms with Crippen LogP contribution in [0.4, 0.5) is 0 Å². The van der Waals surface area contributed by atoms with E-state index in [0.29, 0.717) is 12.3 Å². The van der Waals surface area contributed by atoms with Gasteiger partial charge in [0, 0.05) is 13.1 Å². The molecular formula is C10H23N3O.